The Kier molecular flexibility index (Phi) is 11.3. The molecule has 2 aromatic rings. The van der Waals surface area contributed by atoms with E-state index >= 15 is 0 Å². The van der Waals surface area contributed by atoms with Crippen molar-refractivity contribution < 1.29 is 19.1 Å². The highest BCUT2D eigenvalue weighted by Gasteiger charge is 2.16. The predicted octanol–water partition coefficient (Wildman–Crippen LogP) is 5.90. The Morgan fingerprint density at radius 3 is 1.48 bits per heavy atom. The number of pyridine rings is 2. The number of aromatic nitrogens is 2. The van der Waals surface area contributed by atoms with Gasteiger partial charge in [-0.3, -0.25) is 19.6 Å². The van der Waals surface area contributed by atoms with E-state index in [0.29, 0.717) is 25.7 Å². The van der Waals surface area contributed by atoms with Gasteiger partial charge in [-0.25, -0.2) is 0 Å². The molecule has 0 spiro atoms. The number of hydrogen-bond donors (Lipinski definition) is 0. The fraction of sp³-hybridized carbons (Fsp3) is 0.520. The van der Waals surface area contributed by atoms with Gasteiger partial charge in [-0.15, -0.1) is 0 Å². The smallest absolute Gasteiger partial charge is 0.306 e. The summed E-state index contributed by atoms with van der Waals surface area (Å²) < 4.78 is 11.1. The van der Waals surface area contributed by atoms with Crippen molar-refractivity contribution in [1.82, 2.24) is 9.97 Å². The zero-order valence-electron chi connectivity index (χ0n) is 18.7. The molecule has 0 bridgehead atoms. The lowest BCUT2D eigenvalue weighted by Gasteiger charge is -2.15. The Hall–Kier alpha value is -2.76. The summed E-state index contributed by atoms with van der Waals surface area (Å²) in [6.45, 7) is 3.97. The van der Waals surface area contributed by atoms with Gasteiger partial charge < -0.3 is 9.47 Å². The summed E-state index contributed by atoms with van der Waals surface area (Å²) in [4.78, 5) is 32.7. The van der Waals surface area contributed by atoms with Crippen molar-refractivity contribution in [3.8, 4) is 0 Å². The van der Waals surface area contributed by atoms with Crippen molar-refractivity contribution in [2.45, 2.75) is 83.8 Å². The molecule has 0 amide bonds. The third kappa shape index (κ3) is 9.28. The molecule has 6 heteroatoms. The number of esters is 2. The molecule has 0 saturated carbocycles. The maximum absolute atomic E-state index is 12.1. The minimum absolute atomic E-state index is 0.179. The van der Waals surface area contributed by atoms with Crippen LogP contribution < -0.4 is 0 Å². The van der Waals surface area contributed by atoms with Gasteiger partial charge in [0.1, 0.15) is 12.2 Å². The molecule has 0 fully saturated rings. The van der Waals surface area contributed by atoms with E-state index in [1.807, 2.05) is 50.2 Å². The molecule has 2 heterocycles. The highest BCUT2D eigenvalue weighted by atomic mass is 16.5. The number of rotatable bonds is 14. The lowest BCUT2D eigenvalue weighted by atomic mass is 10.1. The van der Waals surface area contributed by atoms with Crippen LogP contribution in [0.1, 0.15) is 95.2 Å². The molecule has 0 N–H and O–H groups in total. The van der Waals surface area contributed by atoms with Gasteiger partial charge in [0.2, 0.25) is 0 Å². The van der Waals surface area contributed by atoms with Gasteiger partial charge in [0, 0.05) is 25.2 Å². The van der Waals surface area contributed by atoms with Crippen molar-refractivity contribution in [3.05, 3.63) is 60.2 Å². The van der Waals surface area contributed by atoms with Gasteiger partial charge in [0.05, 0.1) is 11.4 Å². The number of carbonyl (C=O) groups is 2. The molecular formula is C25H34N2O4. The van der Waals surface area contributed by atoms with Crippen LogP contribution in [0.25, 0.3) is 0 Å². The van der Waals surface area contributed by atoms with Crippen molar-refractivity contribution >= 4 is 11.9 Å². The minimum atomic E-state index is -0.280. The summed E-state index contributed by atoms with van der Waals surface area (Å²) in [6, 6.07) is 11.3. The van der Waals surface area contributed by atoms with E-state index < -0.39 is 0 Å². The number of hydrogen-bond acceptors (Lipinski definition) is 6. The Morgan fingerprint density at radius 2 is 1.13 bits per heavy atom. The number of carbonyl (C=O) groups excluding carboxylic acids is 2. The molecule has 0 aliphatic carbocycles. The maximum atomic E-state index is 12.1. The summed E-state index contributed by atoms with van der Waals surface area (Å²) in [5.41, 5.74) is 1.58. The highest BCUT2D eigenvalue weighted by molar-refractivity contribution is 5.70. The van der Waals surface area contributed by atoms with E-state index in [1.165, 1.54) is 0 Å². The molecule has 0 aliphatic rings. The Labute approximate surface area is 185 Å². The summed E-state index contributed by atoms with van der Waals surface area (Å²) in [7, 11) is 0. The Bertz CT molecular complexity index is 702. The predicted molar refractivity (Wildman–Crippen MR) is 119 cm³/mol. The zero-order chi connectivity index (χ0) is 22.3. The zero-order valence-corrected chi connectivity index (χ0v) is 18.7. The first-order valence-corrected chi connectivity index (χ1v) is 11.3. The summed E-state index contributed by atoms with van der Waals surface area (Å²) in [6.07, 6.45) is 9.54. The van der Waals surface area contributed by atoms with Crippen LogP contribution in [-0.4, -0.2) is 21.9 Å². The van der Waals surface area contributed by atoms with E-state index in [1.54, 1.807) is 12.4 Å². The molecular weight excluding hydrogens is 392 g/mol. The third-order valence-electron chi connectivity index (χ3n) is 5.09. The largest absolute Gasteiger partial charge is 0.456 e. The third-order valence-corrected chi connectivity index (χ3v) is 5.09. The molecule has 31 heavy (non-hydrogen) atoms. The van der Waals surface area contributed by atoms with Crippen LogP contribution in [0.5, 0.6) is 0 Å². The second kappa shape index (κ2) is 14.3. The van der Waals surface area contributed by atoms with Gasteiger partial charge in [0.25, 0.3) is 0 Å². The lowest BCUT2D eigenvalue weighted by Crippen LogP contribution is -2.12. The second-order valence-electron chi connectivity index (χ2n) is 7.55. The molecule has 2 unspecified atom stereocenters. The van der Waals surface area contributed by atoms with E-state index in [-0.39, 0.29) is 24.1 Å². The fourth-order valence-electron chi connectivity index (χ4n) is 3.34. The molecule has 6 nitrogen and oxygen atoms in total. The van der Waals surface area contributed by atoms with Crippen molar-refractivity contribution in [2.75, 3.05) is 0 Å². The second-order valence-corrected chi connectivity index (χ2v) is 7.55. The van der Waals surface area contributed by atoms with Crippen LogP contribution in [0, 0.1) is 0 Å². The van der Waals surface area contributed by atoms with Crippen LogP contribution in [0.3, 0.4) is 0 Å². The summed E-state index contributed by atoms with van der Waals surface area (Å²) >= 11 is 0. The highest BCUT2D eigenvalue weighted by Crippen LogP contribution is 2.21. The van der Waals surface area contributed by atoms with Crippen molar-refractivity contribution in [3.63, 3.8) is 0 Å². The molecule has 2 rings (SSSR count). The topological polar surface area (TPSA) is 78.4 Å². The van der Waals surface area contributed by atoms with Gasteiger partial charge in [-0.2, -0.15) is 0 Å². The first-order chi connectivity index (χ1) is 15.1. The molecule has 168 valence electrons. The molecule has 2 aromatic heterocycles. The van der Waals surface area contributed by atoms with E-state index in [9.17, 15) is 9.59 Å². The van der Waals surface area contributed by atoms with Crippen LogP contribution >= 0.6 is 0 Å². The van der Waals surface area contributed by atoms with Crippen LogP contribution in [-0.2, 0) is 19.1 Å². The van der Waals surface area contributed by atoms with E-state index in [0.717, 1.165) is 43.5 Å². The summed E-state index contributed by atoms with van der Waals surface area (Å²) in [5, 5.41) is 0. The number of ether oxygens (including phenoxy) is 2. The van der Waals surface area contributed by atoms with Gasteiger partial charge >= 0.3 is 11.9 Å². The van der Waals surface area contributed by atoms with Crippen LogP contribution in [0.2, 0.25) is 0 Å². The Morgan fingerprint density at radius 1 is 0.710 bits per heavy atom. The normalized spacial score (nSPS) is 12.7. The van der Waals surface area contributed by atoms with Gasteiger partial charge in [-0.05, 0) is 49.9 Å². The fourth-order valence-corrected chi connectivity index (χ4v) is 3.34. The first-order valence-electron chi connectivity index (χ1n) is 11.3. The Balaban J connectivity index is 1.55. The van der Waals surface area contributed by atoms with Gasteiger partial charge in [0.15, 0.2) is 0 Å². The maximum Gasteiger partial charge on any atom is 0.306 e. The monoisotopic (exact) mass is 426 g/mol. The van der Waals surface area contributed by atoms with Crippen molar-refractivity contribution in [2.24, 2.45) is 0 Å². The molecule has 0 radical (unpaired) electrons. The lowest BCUT2D eigenvalue weighted by molar-refractivity contribution is -0.150. The average Bonchev–Trinajstić information content (AvgIpc) is 2.81. The average molecular weight is 427 g/mol. The standard InChI is InChI=1S/C25H34N2O4/c1-3-22(20-14-10-12-18-26-20)30-24(28)16-8-6-5-7-9-17-25(29)31-23(4-2)21-15-11-13-19-27-21/h10-15,18-19,22-23H,3-9,16-17H2,1-2H3. The van der Waals surface area contributed by atoms with Gasteiger partial charge in [-0.1, -0.05) is 45.2 Å². The molecule has 2 atom stereocenters. The van der Waals surface area contributed by atoms with Crippen molar-refractivity contribution in [1.29, 1.82) is 0 Å². The molecule has 0 aromatic carbocycles. The summed E-state index contributed by atoms with van der Waals surface area (Å²) in [5.74, 6) is -0.359. The van der Waals surface area contributed by atoms with E-state index in [4.69, 9.17) is 9.47 Å². The quantitative estimate of drug-likeness (QED) is 0.277. The number of unbranched alkanes of at least 4 members (excludes halogenated alkanes) is 4. The van der Waals surface area contributed by atoms with Crippen LogP contribution in [0.15, 0.2) is 48.8 Å². The molecule has 0 saturated heterocycles. The van der Waals surface area contributed by atoms with Crippen LogP contribution in [0.4, 0.5) is 0 Å². The first kappa shape index (κ1) is 24.5. The molecule has 0 aliphatic heterocycles. The number of nitrogens with zero attached hydrogens (tertiary/aromatic N) is 2. The SMILES string of the molecule is CCC(OC(=O)CCCCCCCC(=O)OC(CC)c1ccccn1)c1ccccn1. The minimum Gasteiger partial charge on any atom is -0.456 e. The van der Waals surface area contributed by atoms with E-state index in [2.05, 4.69) is 9.97 Å².